The first kappa shape index (κ1) is 15.1. The molecule has 20 heavy (non-hydrogen) atoms. The molecule has 1 heterocycles. The zero-order chi connectivity index (χ0) is 14.8. The van der Waals surface area contributed by atoms with Crippen LogP contribution in [0.15, 0.2) is 0 Å². The van der Waals surface area contributed by atoms with Crippen molar-refractivity contribution < 1.29 is 14.7 Å². The van der Waals surface area contributed by atoms with E-state index >= 15 is 0 Å². The molecule has 5 nitrogen and oxygen atoms in total. The summed E-state index contributed by atoms with van der Waals surface area (Å²) in [4.78, 5) is 25.3. The topological polar surface area (TPSA) is 69.6 Å². The molecule has 0 spiro atoms. The van der Waals surface area contributed by atoms with Gasteiger partial charge in [0.25, 0.3) is 0 Å². The number of carbonyl (C=O) groups excluding carboxylic acids is 1. The van der Waals surface area contributed by atoms with Gasteiger partial charge in [0.15, 0.2) is 0 Å². The van der Waals surface area contributed by atoms with Crippen molar-refractivity contribution in [2.75, 3.05) is 13.1 Å². The Morgan fingerprint density at radius 1 is 1.40 bits per heavy atom. The Kier molecular flexibility index (Phi) is 4.55. The summed E-state index contributed by atoms with van der Waals surface area (Å²) >= 11 is 0. The van der Waals surface area contributed by atoms with E-state index in [9.17, 15) is 14.7 Å². The summed E-state index contributed by atoms with van der Waals surface area (Å²) in [6.45, 7) is 5.00. The zero-order valence-corrected chi connectivity index (χ0v) is 12.5. The van der Waals surface area contributed by atoms with Gasteiger partial charge in [-0.15, -0.1) is 0 Å². The minimum Gasteiger partial charge on any atom is -0.481 e. The van der Waals surface area contributed by atoms with Crippen LogP contribution in [-0.4, -0.2) is 41.1 Å². The quantitative estimate of drug-likeness (QED) is 0.835. The second-order valence-electron chi connectivity index (χ2n) is 6.53. The number of rotatable bonds is 3. The normalized spacial score (nSPS) is 34.0. The molecule has 2 N–H and O–H groups in total. The number of hydrogen-bond donors (Lipinski definition) is 2. The SMILES string of the molecule is CCC1(C(=O)O)CCN(C(=O)NC2CCCC(C)C2)C1. The van der Waals surface area contributed by atoms with Crippen molar-refractivity contribution in [2.24, 2.45) is 11.3 Å². The second kappa shape index (κ2) is 6.02. The third-order valence-electron chi connectivity index (χ3n) is 5.04. The Morgan fingerprint density at radius 2 is 2.15 bits per heavy atom. The van der Waals surface area contributed by atoms with Crippen LogP contribution in [-0.2, 0) is 4.79 Å². The molecule has 3 atom stereocenters. The highest BCUT2D eigenvalue weighted by Gasteiger charge is 2.45. The standard InChI is InChI=1S/C15H26N2O3/c1-3-15(13(18)19)7-8-17(10-15)14(20)16-12-6-4-5-11(2)9-12/h11-12H,3-10H2,1-2H3,(H,16,20)(H,18,19). The van der Waals surface area contributed by atoms with Gasteiger partial charge in [0, 0.05) is 19.1 Å². The fourth-order valence-corrected chi connectivity index (χ4v) is 3.49. The maximum Gasteiger partial charge on any atom is 0.317 e. The Hall–Kier alpha value is -1.26. The van der Waals surface area contributed by atoms with Crippen molar-refractivity contribution in [3.8, 4) is 0 Å². The van der Waals surface area contributed by atoms with Gasteiger partial charge in [-0.1, -0.05) is 26.7 Å². The molecular weight excluding hydrogens is 256 g/mol. The monoisotopic (exact) mass is 282 g/mol. The molecule has 0 aromatic rings. The van der Waals surface area contributed by atoms with Crippen LogP contribution in [0.4, 0.5) is 4.79 Å². The first-order chi connectivity index (χ1) is 9.47. The molecule has 114 valence electrons. The van der Waals surface area contributed by atoms with Crippen molar-refractivity contribution in [3.05, 3.63) is 0 Å². The van der Waals surface area contributed by atoms with Gasteiger partial charge in [0.1, 0.15) is 0 Å². The third-order valence-corrected chi connectivity index (χ3v) is 5.04. The molecule has 1 aliphatic heterocycles. The van der Waals surface area contributed by atoms with Gasteiger partial charge >= 0.3 is 12.0 Å². The lowest BCUT2D eigenvalue weighted by Gasteiger charge is -2.30. The average Bonchev–Trinajstić information content (AvgIpc) is 2.84. The minimum atomic E-state index is -0.776. The zero-order valence-electron chi connectivity index (χ0n) is 12.5. The van der Waals surface area contributed by atoms with Crippen molar-refractivity contribution in [1.82, 2.24) is 10.2 Å². The Bertz CT molecular complexity index is 385. The predicted octanol–water partition coefficient (Wildman–Crippen LogP) is 2.46. The van der Waals surface area contributed by atoms with E-state index < -0.39 is 11.4 Å². The highest BCUT2D eigenvalue weighted by molar-refractivity contribution is 5.79. The maximum atomic E-state index is 12.3. The summed E-state index contributed by atoms with van der Waals surface area (Å²) in [5, 5.41) is 12.4. The van der Waals surface area contributed by atoms with E-state index in [0.717, 1.165) is 12.8 Å². The summed E-state index contributed by atoms with van der Waals surface area (Å²) in [6, 6.07) is 0.174. The molecule has 1 saturated carbocycles. The number of amides is 2. The molecule has 2 aliphatic rings. The van der Waals surface area contributed by atoms with Crippen LogP contribution in [0.5, 0.6) is 0 Å². The van der Waals surface area contributed by atoms with Gasteiger partial charge in [0.05, 0.1) is 5.41 Å². The van der Waals surface area contributed by atoms with Gasteiger partial charge in [0.2, 0.25) is 0 Å². The van der Waals surface area contributed by atoms with Crippen molar-refractivity contribution in [3.63, 3.8) is 0 Å². The van der Waals surface area contributed by atoms with E-state index in [2.05, 4.69) is 12.2 Å². The number of nitrogens with one attached hydrogen (secondary N) is 1. The first-order valence-corrected chi connectivity index (χ1v) is 7.75. The molecule has 0 radical (unpaired) electrons. The number of aliphatic carboxylic acids is 1. The van der Waals surface area contributed by atoms with Crippen LogP contribution in [0.3, 0.4) is 0 Å². The highest BCUT2D eigenvalue weighted by atomic mass is 16.4. The molecule has 2 amide bonds. The molecule has 2 fully saturated rings. The Morgan fingerprint density at radius 3 is 2.70 bits per heavy atom. The smallest absolute Gasteiger partial charge is 0.317 e. The number of carboxylic acid groups (broad SMARTS) is 1. The van der Waals surface area contributed by atoms with Gasteiger partial charge in [-0.05, 0) is 31.6 Å². The largest absolute Gasteiger partial charge is 0.481 e. The highest BCUT2D eigenvalue weighted by Crippen LogP contribution is 2.34. The molecular formula is C15H26N2O3. The summed E-state index contributed by atoms with van der Waals surface area (Å²) < 4.78 is 0. The van der Waals surface area contributed by atoms with Crippen LogP contribution >= 0.6 is 0 Å². The van der Waals surface area contributed by atoms with Crippen LogP contribution in [0.1, 0.15) is 52.4 Å². The van der Waals surface area contributed by atoms with E-state index in [1.165, 1.54) is 12.8 Å². The number of urea groups is 1. The van der Waals surface area contributed by atoms with Crippen LogP contribution < -0.4 is 5.32 Å². The van der Waals surface area contributed by atoms with Crippen molar-refractivity contribution >= 4 is 12.0 Å². The number of carboxylic acids is 1. The lowest BCUT2D eigenvalue weighted by molar-refractivity contribution is -0.148. The molecule has 5 heteroatoms. The fourth-order valence-electron chi connectivity index (χ4n) is 3.49. The maximum absolute atomic E-state index is 12.3. The predicted molar refractivity (Wildman–Crippen MR) is 76.5 cm³/mol. The Labute approximate surface area is 120 Å². The van der Waals surface area contributed by atoms with Crippen LogP contribution in [0, 0.1) is 11.3 Å². The lowest BCUT2D eigenvalue weighted by atomic mass is 9.84. The number of carbonyl (C=O) groups is 2. The Balaban J connectivity index is 1.89. The number of hydrogen-bond acceptors (Lipinski definition) is 2. The van der Waals surface area contributed by atoms with Gasteiger partial charge in [-0.25, -0.2) is 4.79 Å². The van der Waals surface area contributed by atoms with Crippen LogP contribution in [0.2, 0.25) is 0 Å². The number of nitrogens with zero attached hydrogens (tertiary/aromatic N) is 1. The summed E-state index contributed by atoms with van der Waals surface area (Å²) in [5.74, 6) is -0.108. The molecule has 0 bridgehead atoms. The summed E-state index contributed by atoms with van der Waals surface area (Å²) in [6.07, 6.45) is 5.63. The molecule has 0 aromatic heterocycles. The second-order valence-corrected chi connectivity index (χ2v) is 6.53. The fraction of sp³-hybridized carbons (Fsp3) is 0.867. The van der Waals surface area contributed by atoms with Gasteiger partial charge < -0.3 is 15.3 Å². The van der Waals surface area contributed by atoms with E-state index in [0.29, 0.717) is 31.8 Å². The molecule has 2 rings (SSSR count). The summed E-state index contributed by atoms with van der Waals surface area (Å²) in [7, 11) is 0. The van der Waals surface area contributed by atoms with Crippen LogP contribution in [0.25, 0.3) is 0 Å². The van der Waals surface area contributed by atoms with Gasteiger partial charge in [-0.2, -0.15) is 0 Å². The molecule has 3 unspecified atom stereocenters. The van der Waals surface area contributed by atoms with Crippen molar-refractivity contribution in [1.29, 1.82) is 0 Å². The number of likely N-dealkylation sites (tertiary alicyclic amines) is 1. The average molecular weight is 282 g/mol. The molecule has 1 aliphatic carbocycles. The lowest BCUT2D eigenvalue weighted by Crippen LogP contribution is -2.46. The van der Waals surface area contributed by atoms with E-state index in [-0.39, 0.29) is 12.1 Å². The van der Waals surface area contributed by atoms with E-state index in [1.807, 2.05) is 6.92 Å². The van der Waals surface area contributed by atoms with Crippen molar-refractivity contribution in [2.45, 2.75) is 58.4 Å². The third kappa shape index (κ3) is 3.07. The van der Waals surface area contributed by atoms with E-state index in [4.69, 9.17) is 0 Å². The first-order valence-electron chi connectivity index (χ1n) is 7.75. The van der Waals surface area contributed by atoms with Gasteiger partial charge in [-0.3, -0.25) is 4.79 Å². The molecule has 0 aromatic carbocycles. The minimum absolute atomic E-state index is 0.0827. The van der Waals surface area contributed by atoms with E-state index in [1.54, 1.807) is 4.90 Å². The summed E-state index contributed by atoms with van der Waals surface area (Å²) in [5.41, 5.74) is -0.739. The molecule has 1 saturated heterocycles.